The summed E-state index contributed by atoms with van der Waals surface area (Å²) in [6.07, 6.45) is 2.48. The van der Waals surface area contributed by atoms with Gasteiger partial charge in [0.05, 0.1) is 12.4 Å². The quantitative estimate of drug-likeness (QED) is 0.917. The first-order chi connectivity index (χ1) is 9.25. The Hall–Kier alpha value is -1.94. The maximum Gasteiger partial charge on any atom is 0.156 e. The third-order valence-electron chi connectivity index (χ3n) is 2.27. The molecule has 4 heteroatoms. The molecule has 0 amide bonds. The molecule has 0 aliphatic carbocycles. The SMILES string of the molecule is CC.CC(O)c1ncc(OCc2ccccc2)cn1. The summed E-state index contributed by atoms with van der Waals surface area (Å²) in [5.41, 5.74) is 1.09. The number of aliphatic hydroxyl groups is 1. The van der Waals surface area contributed by atoms with Crippen LogP contribution in [0.3, 0.4) is 0 Å². The molecule has 4 nitrogen and oxygen atoms in total. The van der Waals surface area contributed by atoms with Crippen LogP contribution in [-0.2, 0) is 6.61 Å². The van der Waals surface area contributed by atoms with Gasteiger partial charge in [0, 0.05) is 0 Å². The summed E-state index contributed by atoms with van der Waals surface area (Å²) >= 11 is 0. The average Bonchev–Trinajstić information content (AvgIpc) is 2.49. The van der Waals surface area contributed by atoms with Gasteiger partial charge in [0.25, 0.3) is 0 Å². The summed E-state index contributed by atoms with van der Waals surface area (Å²) in [7, 11) is 0. The van der Waals surface area contributed by atoms with Gasteiger partial charge in [-0.1, -0.05) is 44.2 Å². The molecule has 0 aliphatic heterocycles. The predicted molar refractivity (Wildman–Crippen MR) is 74.8 cm³/mol. The summed E-state index contributed by atoms with van der Waals surface area (Å²) < 4.78 is 5.52. The van der Waals surface area contributed by atoms with Gasteiger partial charge in [-0.3, -0.25) is 0 Å². The number of ether oxygens (including phenoxy) is 1. The third-order valence-corrected chi connectivity index (χ3v) is 2.27. The molecule has 2 rings (SSSR count). The second-order valence-electron chi connectivity index (χ2n) is 3.73. The van der Waals surface area contributed by atoms with Crippen molar-refractivity contribution in [2.75, 3.05) is 0 Å². The fourth-order valence-electron chi connectivity index (χ4n) is 1.36. The lowest BCUT2D eigenvalue weighted by Gasteiger charge is -2.06. The van der Waals surface area contributed by atoms with Crippen molar-refractivity contribution in [1.82, 2.24) is 9.97 Å². The summed E-state index contributed by atoms with van der Waals surface area (Å²) in [5, 5.41) is 9.26. The zero-order chi connectivity index (χ0) is 14.1. The first-order valence-electron chi connectivity index (χ1n) is 6.42. The number of benzene rings is 1. The predicted octanol–water partition coefficient (Wildman–Crippen LogP) is 3.14. The van der Waals surface area contributed by atoms with E-state index < -0.39 is 6.10 Å². The van der Waals surface area contributed by atoms with Gasteiger partial charge in [-0.05, 0) is 12.5 Å². The largest absolute Gasteiger partial charge is 0.486 e. The lowest BCUT2D eigenvalue weighted by atomic mass is 10.2. The van der Waals surface area contributed by atoms with E-state index in [1.54, 1.807) is 19.3 Å². The second kappa shape index (κ2) is 8.21. The van der Waals surface area contributed by atoms with Gasteiger partial charge in [-0.25, -0.2) is 9.97 Å². The summed E-state index contributed by atoms with van der Waals surface area (Å²) in [6.45, 7) is 6.11. The highest BCUT2D eigenvalue weighted by Crippen LogP contribution is 2.12. The molecule has 0 spiro atoms. The fourth-order valence-corrected chi connectivity index (χ4v) is 1.36. The zero-order valence-electron chi connectivity index (χ0n) is 11.6. The van der Waals surface area contributed by atoms with E-state index in [1.807, 2.05) is 44.2 Å². The van der Waals surface area contributed by atoms with Crippen LogP contribution in [0.2, 0.25) is 0 Å². The van der Waals surface area contributed by atoms with Gasteiger partial charge < -0.3 is 9.84 Å². The maximum atomic E-state index is 9.26. The zero-order valence-corrected chi connectivity index (χ0v) is 11.6. The van der Waals surface area contributed by atoms with Gasteiger partial charge in [0.1, 0.15) is 12.7 Å². The Morgan fingerprint density at radius 1 is 1.11 bits per heavy atom. The Kier molecular flexibility index (Phi) is 6.53. The van der Waals surface area contributed by atoms with Gasteiger partial charge >= 0.3 is 0 Å². The normalized spacial score (nSPS) is 11.2. The number of rotatable bonds is 4. The Labute approximate surface area is 114 Å². The van der Waals surface area contributed by atoms with Crippen LogP contribution in [0.1, 0.15) is 38.3 Å². The number of hydrogen-bond acceptors (Lipinski definition) is 4. The minimum atomic E-state index is -0.654. The van der Waals surface area contributed by atoms with E-state index in [2.05, 4.69) is 9.97 Å². The standard InChI is InChI=1S/C13H14N2O2.C2H6/c1-10(16)13-14-7-12(8-15-13)17-9-11-5-3-2-4-6-11;1-2/h2-8,10,16H,9H2,1H3;1-2H3. The van der Waals surface area contributed by atoms with Crippen molar-refractivity contribution in [3.05, 3.63) is 54.1 Å². The molecule has 1 N–H and O–H groups in total. The molecule has 102 valence electrons. The third kappa shape index (κ3) is 5.06. The monoisotopic (exact) mass is 260 g/mol. The molecule has 0 saturated carbocycles. The smallest absolute Gasteiger partial charge is 0.156 e. The molecule has 2 aromatic rings. The lowest BCUT2D eigenvalue weighted by Crippen LogP contribution is -2.01. The van der Waals surface area contributed by atoms with E-state index in [9.17, 15) is 5.11 Å². The molecule has 1 aromatic heterocycles. The Morgan fingerprint density at radius 3 is 2.21 bits per heavy atom. The highest BCUT2D eigenvalue weighted by molar-refractivity contribution is 5.17. The van der Waals surface area contributed by atoms with Crippen LogP contribution in [0.5, 0.6) is 5.75 Å². The van der Waals surface area contributed by atoms with Crippen molar-refractivity contribution in [1.29, 1.82) is 0 Å². The van der Waals surface area contributed by atoms with Crippen molar-refractivity contribution in [2.24, 2.45) is 0 Å². The highest BCUT2D eigenvalue weighted by atomic mass is 16.5. The molecule has 0 bridgehead atoms. The van der Waals surface area contributed by atoms with E-state index in [0.717, 1.165) is 5.56 Å². The van der Waals surface area contributed by atoms with Crippen LogP contribution >= 0.6 is 0 Å². The molecule has 1 aromatic carbocycles. The molecular formula is C15H20N2O2. The number of nitrogens with zero attached hydrogens (tertiary/aromatic N) is 2. The molecule has 1 heterocycles. The molecule has 0 saturated heterocycles. The molecule has 1 unspecified atom stereocenters. The van der Waals surface area contributed by atoms with E-state index >= 15 is 0 Å². The number of aliphatic hydroxyl groups excluding tert-OH is 1. The van der Waals surface area contributed by atoms with Gasteiger partial charge in [0.2, 0.25) is 0 Å². The minimum absolute atomic E-state index is 0.400. The molecule has 1 atom stereocenters. The van der Waals surface area contributed by atoms with E-state index in [0.29, 0.717) is 18.2 Å². The Balaban J connectivity index is 0.000000861. The average molecular weight is 260 g/mol. The van der Waals surface area contributed by atoms with Crippen LogP contribution in [-0.4, -0.2) is 15.1 Å². The summed E-state index contributed by atoms with van der Waals surface area (Å²) in [5.74, 6) is 0.996. The van der Waals surface area contributed by atoms with Crippen molar-refractivity contribution in [3.63, 3.8) is 0 Å². The van der Waals surface area contributed by atoms with Crippen molar-refractivity contribution >= 4 is 0 Å². The van der Waals surface area contributed by atoms with Crippen molar-refractivity contribution in [3.8, 4) is 5.75 Å². The first kappa shape index (κ1) is 15.1. The van der Waals surface area contributed by atoms with Crippen LogP contribution < -0.4 is 4.74 Å². The fraction of sp³-hybridized carbons (Fsp3) is 0.333. The Bertz CT molecular complexity index is 455. The van der Waals surface area contributed by atoms with Gasteiger partial charge in [-0.15, -0.1) is 0 Å². The van der Waals surface area contributed by atoms with Gasteiger partial charge in [-0.2, -0.15) is 0 Å². The van der Waals surface area contributed by atoms with Crippen LogP contribution in [0.15, 0.2) is 42.7 Å². The Morgan fingerprint density at radius 2 is 1.68 bits per heavy atom. The minimum Gasteiger partial charge on any atom is -0.486 e. The summed E-state index contributed by atoms with van der Waals surface area (Å²) in [6, 6.07) is 9.87. The van der Waals surface area contributed by atoms with Gasteiger partial charge in [0.15, 0.2) is 11.6 Å². The topological polar surface area (TPSA) is 55.2 Å². The molecule has 0 fully saturated rings. The highest BCUT2D eigenvalue weighted by Gasteiger charge is 2.04. The lowest BCUT2D eigenvalue weighted by molar-refractivity contribution is 0.188. The first-order valence-corrected chi connectivity index (χ1v) is 6.42. The molecule has 19 heavy (non-hydrogen) atoms. The number of aromatic nitrogens is 2. The maximum absolute atomic E-state index is 9.26. The second-order valence-corrected chi connectivity index (χ2v) is 3.73. The van der Waals surface area contributed by atoms with Crippen LogP contribution in [0.4, 0.5) is 0 Å². The summed E-state index contributed by atoms with van der Waals surface area (Å²) in [4.78, 5) is 8.01. The number of hydrogen-bond donors (Lipinski definition) is 1. The van der Waals surface area contributed by atoms with Crippen molar-refractivity contribution < 1.29 is 9.84 Å². The molecule has 0 aliphatic rings. The molecule has 0 radical (unpaired) electrons. The van der Waals surface area contributed by atoms with E-state index in [4.69, 9.17) is 4.74 Å². The van der Waals surface area contributed by atoms with Crippen molar-refractivity contribution in [2.45, 2.75) is 33.5 Å². The van der Waals surface area contributed by atoms with Crippen LogP contribution in [0, 0.1) is 0 Å². The van der Waals surface area contributed by atoms with E-state index in [1.165, 1.54) is 0 Å². The van der Waals surface area contributed by atoms with E-state index in [-0.39, 0.29) is 0 Å². The molecular weight excluding hydrogens is 240 g/mol. The van der Waals surface area contributed by atoms with Crippen LogP contribution in [0.25, 0.3) is 0 Å².